The molecule has 3 aliphatic rings. The van der Waals surface area contributed by atoms with E-state index in [0.717, 1.165) is 0 Å². The van der Waals surface area contributed by atoms with Gasteiger partial charge in [0, 0.05) is 37.9 Å². The van der Waals surface area contributed by atoms with Gasteiger partial charge in [-0.25, -0.2) is 14.4 Å². The predicted molar refractivity (Wildman–Crippen MR) is 133 cm³/mol. The van der Waals surface area contributed by atoms with E-state index in [2.05, 4.69) is 4.99 Å². The molecule has 1 aromatic rings. The van der Waals surface area contributed by atoms with Crippen LogP contribution >= 0.6 is 0 Å². The molecule has 40 heavy (non-hydrogen) atoms. The zero-order valence-corrected chi connectivity index (χ0v) is 21.0. The van der Waals surface area contributed by atoms with Crippen molar-refractivity contribution in [2.45, 2.75) is 55.6 Å². The number of methoxy groups -OCH3 is 1. The van der Waals surface area contributed by atoms with Crippen molar-refractivity contribution in [1.82, 2.24) is 0 Å². The first kappa shape index (κ1) is 29.0. The molecule has 1 aromatic carbocycles. The monoisotopic (exact) mass is 564 g/mol. The molecule has 15 nitrogen and oxygen atoms in total. The fourth-order valence-electron chi connectivity index (χ4n) is 4.78. The van der Waals surface area contributed by atoms with Gasteiger partial charge in [0.1, 0.15) is 36.2 Å². The Morgan fingerprint density at radius 3 is 2.45 bits per heavy atom. The average Bonchev–Trinajstić information content (AvgIpc) is 3.26. The summed E-state index contributed by atoms with van der Waals surface area (Å²) < 4.78 is 16.2. The Morgan fingerprint density at radius 1 is 1.12 bits per heavy atom. The molecule has 3 heterocycles. The van der Waals surface area contributed by atoms with Crippen LogP contribution in [0.5, 0.6) is 11.5 Å². The Kier molecular flexibility index (Phi) is 8.41. The maximum atomic E-state index is 12.0. The van der Waals surface area contributed by atoms with Crippen LogP contribution in [0.1, 0.15) is 12.0 Å². The lowest BCUT2D eigenvalue weighted by Gasteiger charge is -2.41. The number of carboxylic acid groups (broad SMARTS) is 3. The normalized spacial score (nSPS) is 30.0. The summed E-state index contributed by atoms with van der Waals surface area (Å²) in [5.41, 5.74) is 0.563. The molecular weight excluding hydrogens is 536 g/mol. The van der Waals surface area contributed by atoms with Gasteiger partial charge in [0.25, 0.3) is 0 Å². The van der Waals surface area contributed by atoms with Crippen LogP contribution in [-0.4, -0.2) is 116 Å². The number of rotatable bonds is 9. The number of aliphatic imine (C=N–C) groups is 1. The topological polar surface area (TPSA) is 236 Å². The lowest BCUT2D eigenvalue weighted by molar-refractivity contribution is -0.282. The van der Waals surface area contributed by atoms with Gasteiger partial charge in [-0.2, -0.15) is 0 Å². The number of anilines is 1. The summed E-state index contributed by atoms with van der Waals surface area (Å²) in [7, 11) is 1.25. The SMILES string of the molecule is CO[C@@H]1[C@@H](O)[C@H](Oc2cc3c(cc2O)N(/C=C/C2=CC(C(=O)O)=N[C@H](C(=O)O)C2)[C@H](C(=O)O)C3)O[C@H](CO)[C@H]1O. The number of carbonyl (C=O) groups is 3. The van der Waals surface area contributed by atoms with E-state index in [-0.39, 0.29) is 24.3 Å². The van der Waals surface area contributed by atoms with E-state index in [0.29, 0.717) is 11.1 Å². The first-order valence-electron chi connectivity index (χ1n) is 12.1. The molecule has 0 aromatic heterocycles. The standard InChI is InChI=1S/C25H28N2O13/c1-38-21-19(30)18(9-28)40-25(20(21)31)39-17-7-11-6-15(24(36)37)27(14(11)8-16(17)29)3-2-10-4-12(22(32)33)26-13(5-10)23(34)35/h2-4,7-8,13,15,18-21,25,28-31H,5-6,9H2,1H3,(H,32,33)(H,34,35)(H,36,37)/b3-2+/t13-,15-,18+,19+,20+,21-,25+/m0/s1. The average molecular weight is 565 g/mol. The van der Waals surface area contributed by atoms with Crippen molar-refractivity contribution in [3.8, 4) is 11.5 Å². The Morgan fingerprint density at radius 2 is 1.85 bits per heavy atom. The molecule has 1 fully saturated rings. The summed E-state index contributed by atoms with van der Waals surface area (Å²) in [6.45, 7) is -0.602. The maximum Gasteiger partial charge on any atom is 0.354 e. The molecular formula is C25H28N2O13. The molecule has 0 spiro atoms. The highest BCUT2D eigenvalue weighted by molar-refractivity contribution is 6.41. The predicted octanol–water partition coefficient (Wildman–Crippen LogP) is -1.14. The van der Waals surface area contributed by atoms with E-state index in [1.165, 1.54) is 42.5 Å². The summed E-state index contributed by atoms with van der Waals surface area (Å²) in [6.07, 6.45) is -2.82. The van der Waals surface area contributed by atoms with E-state index >= 15 is 0 Å². The van der Waals surface area contributed by atoms with Crippen molar-refractivity contribution >= 4 is 29.3 Å². The largest absolute Gasteiger partial charge is 0.504 e. The molecule has 0 aliphatic carbocycles. The number of dihydropyridines is 1. The Balaban J connectivity index is 1.61. The highest BCUT2D eigenvalue weighted by Gasteiger charge is 2.46. The summed E-state index contributed by atoms with van der Waals surface area (Å²) in [5.74, 6) is -4.53. The number of hydrogen-bond donors (Lipinski definition) is 7. The zero-order chi connectivity index (χ0) is 29.3. The van der Waals surface area contributed by atoms with Gasteiger partial charge in [-0.05, 0) is 29.4 Å². The first-order valence-corrected chi connectivity index (χ1v) is 12.1. The van der Waals surface area contributed by atoms with Crippen LogP contribution in [0.25, 0.3) is 0 Å². The molecule has 216 valence electrons. The van der Waals surface area contributed by atoms with Crippen molar-refractivity contribution in [3.05, 3.63) is 41.6 Å². The van der Waals surface area contributed by atoms with Gasteiger partial charge in [0.15, 0.2) is 17.5 Å². The number of nitrogens with zero attached hydrogens (tertiary/aromatic N) is 2. The van der Waals surface area contributed by atoms with Crippen LogP contribution in [0, 0.1) is 0 Å². The third kappa shape index (κ3) is 5.64. The van der Waals surface area contributed by atoms with Crippen molar-refractivity contribution < 1.29 is 64.3 Å². The van der Waals surface area contributed by atoms with Gasteiger partial charge in [0.2, 0.25) is 6.29 Å². The number of fused-ring (bicyclic) bond motifs is 1. The molecule has 7 N–H and O–H groups in total. The lowest BCUT2D eigenvalue weighted by Crippen LogP contribution is -2.60. The third-order valence-electron chi connectivity index (χ3n) is 6.81. The smallest absolute Gasteiger partial charge is 0.354 e. The number of ether oxygens (including phenoxy) is 3. The molecule has 1 saturated heterocycles. The van der Waals surface area contributed by atoms with Gasteiger partial charge < -0.3 is 54.9 Å². The number of aromatic hydroxyl groups is 1. The van der Waals surface area contributed by atoms with Crippen LogP contribution in [0.15, 0.2) is 41.1 Å². The van der Waals surface area contributed by atoms with Gasteiger partial charge in [-0.1, -0.05) is 0 Å². The van der Waals surface area contributed by atoms with E-state index < -0.39 is 78.8 Å². The van der Waals surface area contributed by atoms with E-state index in [4.69, 9.17) is 14.2 Å². The van der Waals surface area contributed by atoms with Crippen LogP contribution in [0.4, 0.5) is 5.69 Å². The summed E-state index contributed by atoms with van der Waals surface area (Å²) in [6, 6.07) is 0.151. The number of aliphatic hydroxyl groups is 3. The number of allylic oxidation sites excluding steroid dienone is 1. The van der Waals surface area contributed by atoms with Crippen LogP contribution in [-0.2, 0) is 30.3 Å². The zero-order valence-electron chi connectivity index (χ0n) is 21.0. The molecule has 0 radical (unpaired) electrons. The van der Waals surface area contributed by atoms with Crippen LogP contribution < -0.4 is 9.64 Å². The number of benzene rings is 1. The molecule has 7 atom stereocenters. The number of phenolic OH excluding ortho intramolecular Hbond substituents is 1. The lowest BCUT2D eigenvalue weighted by atomic mass is 9.99. The van der Waals surface area contributed by atoms with Crippen molar-refractivity contribution in [2.24, 2.45) is 4.99 Å². The maximum absolute atomic E-state index is 12.0. The van der Waals surface area contributed by atoms with Crippen molar-refractivity contribution in [3.63, 3.8) is 0 Å². The molecule has 0 unspecified atom stereocenters. The van der Waals surface area contributed by atoms with Crippen LogP contribution in [0.3, 0.4) is 0 Å². The Hall–Kier alpha value is -4.02. The molecule has 0 amide bonds. The van der Waals surface area contributed by atoms with Gasteiger partial charge >= 0.3 is 17.9 Å². The highest BCUT2D eigenvalue weighted by atomic mass is 16.7. The quantitative estimate of drug-likeness (QED) is 0.188. The fourth-order valence-corrected chi connectivity index (χ4v) is 4.78. The van der Waals surface area contributed by atoms with Crippen LogP contribution in [0.2, 0.25) is 0 Å². The molecule has 0 saturated carbocycles. The number of carboxylic acids is 3. The first-order chi connectivity index (χ1) is 18.9. The Labute approximate surface area is 226 Å². The minimum atomic E-state index is -1.50. The number of aliphatic carboxylic acids is 3. The summed E-state index contributed by atoms with van der Waals surface area (Å²) in [4.78, 5) is 39.8. The summed E-state index contributed by atoms with van der Waals surface area (Å²) >= 11 is 0. The minimum absolute atomic E-state index is 0.0307. The second kappa shape index (κ2) is 11.6. The fraction of sp³-hybridized carbons (Fsp3) is 0.440. The van der Waals surface area contributed by atoms with Gasteiger partial charge in [-0.3, -0.25) is 4.99 Å². The minimum Gasteiger partial charge on any atom is -0.504 e. The van der Waals surface area contributed by atoms with E-state index in [9.17, 15) is 50.1 Å². The van der Waals surface area contributed by atoms with E-state index in [1.807, 2.05) is 0 Å². The van der Waals surface area contributed by atoms with Gasteiger partial charge in [0.05, 0.1) is 6.61 Å². The molecule has 15 heteroatoms. The molecule has 4 rings (SSSR count). The third-order valence-corrected chi connectivity index (χ3v) is 6.81. The second-order valence-corrected chi connectivity index (χ2v) is 9.35. The second-order valence-electron chi connectivity index (χ2n) is 9.35. The van der Waals surface area contributed by atoms with E-state index in [1.54, 1.807) is 0 Å². The number of aliphatic hydroxyl groups excluding tert-OH is 3. The number of phenols is 1. The highest BCUT2D eigenvalue weighted by Crippen LogP contribution is 2.42. The van der Waals surface area contributed by atoms with Gasteiger partial charge in [-0.15, -0.1) is 0 Å². The Bertz CT molecular complexity index is 1280. The molecule has 3 aliphatic heterocycles. The van der Waals surface area contributed by atoms with Crippen molar-refractivity contribution in [2.75, 3.05) is 18.6 Å². The molecule has 0 bridgehead atoms. The van der Waals surface area contributed by atoms with Crippen molar-refractivity contribution in [1.29, 1.82) is 0 Å². The number of hydrogen-bond acceptors (Lipinski definition) is 12. The summed E-state index contributed by atoms with van der Waals surface area (Å²) in [5, 5.41) is 69.3.